The van der Waals surface area contributed by atoms with Gasteiger partial charge in [0, 0.05) is 0 Å². The van der Waals surface area contributed by atoms with Crippen LogP contribution in [0.2, 0.25) is 0 Å². The Kier molecular flexibility index (Phi) is 4.06. The van der Waals surface area contributed by atoms with Crippen molar-refractivity contribution in [1.82, 2.24) is 5.32 Å². The molecule has 5 nitrogen and oxygen atoms in total. The van der Waals surface area contributed by atoms with Gasteiger partial charge in [0.2, 0.25) is 0 Å². The second-order valence-electron chi connectivity index (χ2n) is 4.80. The average molecular weight is 302 g/mol. The summed E-state index contributed by atoms with van der Waals surface area (Å²) in [7, 11) is 0. The third-order valence-corrected chi connectivity index (χ3v) is 3.13. The van der Waals surface area contributed by atoms with Crippen LogP contribution in [0.3, 0.4) is 0 Å². The summed E-state index contributed by atoms with van der Waals surface area (Å²) < 4.78 is 38.3. The van der Waals surface area contributed by atoms with Gasteiger partial charge in [-0.1, -0.05) is 12.1 Å². The van der Waals surface area contributed by atoms with Crippen molar-refractivity contribution in [2.75, 3.05) is 5.32 Å². The summed E-state index contributed by atoms with van der Waals surface area (Å²) >= 11 is 0. The SMILES string of the molecule is O=C(Nc1ccccc1C(F)(F)F)NC(C(=O)O)C1CC1. The van der Waals surface area contributed by atoms with Gasteiger partial charge in [-0.25, -0.2) is 9.59 Å². The van der Waals surface area contributed by atoms with Gasteiger partial charge in [-0.2, -0.15) is 13.2 Å². The van der Waals surface area contributed by atoms with Gasteiger partial charge in [0.25, 0.3) is 0 Å². The van der Waals surface area contributed by atoms with Gasteiger partial charge in [-0.15, -0.1) is 0 Å². The Morgan fingerprint density at radius 3 is 2.38 bits per heavy atom. The van der Waals surface area contributed by atoms with Crippen molar-refractivity contribution in [2.24, 2.45) is 5.92 Å². The van der Waals surface area contributed by atoms with Crippen molar-refractivity contribution in [1.29, 1.82) is 0 Å². The number of urea groups is 1. The Morgan fingerprint density at radius 1 is 1.24 bits per heavy atom. The van der Waals surface area contributed by atoms with Gasteiger partial charge in [-0.3, -0.25) is 0 Å². The van der Waals surface area contributed by atoms with Crippen molar-refractivity contribution < 1.29 is 27.9 Å². The molecule has 0 spiro atoms. The van der Waals surface area contributed by atoms with Crippen LogP contribution in [0.4, 0.5) is 23.7 Å². The number of rotatable bonds is 4. The Hall–Kier alpha value is -2.25. The maximum atomic E-state index is 12.8. The fourth-order valence-corrected chi connectivity index (χ4v) is 1.95. The standard InChI is InChI=1S/C13H13F3N2O3/c14-13(15,16)8-3-1-2-4-9(8)17-12(21)18-10(11(19)20)7-5-6-7/h1-4,7,10H,5-6H2,(H,19,20)(H2,17,18,21). The number of halogens is 3. The number of benzene rings is 1. The molecule has 1 aromatic carbocycles. The van der Waals surface area contributed by atoms with Crippen molar-refractivity contribution in [3.05, 3.63) is 29.8 Å². The second kappa shape index (κ2) is 5.63. The Balaban J connectivity index is 2.08. The minimum absolute atomic E-state index is 0.161. The van der Waals surface area contributed by atoms with E-state index in [1.54, 1.807) is 0 Å². The van der Waals surface area contributed by atoms with E-state index in [1.807, 2.05) is 0 Å². The fraction of sp³-hybridized carbons (Fsp3) is 0.385. The number of hydrogen-bond acceptors (Lipinski definition) is 2. The van der Waals surface area contributed by atoms with Crippen LogP contribution in [0.25, 0.3) is 0 Å². The number of anilines is 1. The molecule has 21 heavy (non-hydrogen) atoms. The van der Waals surface area contributed by atoms with E-state index in [0.29, 0.717) is 12.8 Å². The summed E-state index contributed by atoms with van der Waals surface area (Å²) in [6.07, 6.45) is -3.25. The molecule has 0 saturated heterocycles. The molecule has 0 radical (unpaired) electrons. The van der Waals surface area contributed by atoms with Gasteiger partial charge in [0.15, 0.2) is 0 Å². The molecule has 1 aliphatic carbocycles. The predicted molar refractivity (Wildman–Crippen MR) is 67.7 cm³/mol. The average Bonchev–Trinajstić information content (AvgIpc) is 3.19. The second-order valence-corrected chi connectivity index (χ2v) is 4.80. The molecule has 1 aliphatic rings. The van der Waals surface area contributed by atoms with Crippen LogP contribution in [0.1, 0.15) is 18.4 Å². The van der Waals surface area contributed by atoms with Crippen LogP contribution in [-0.4, -0.2) is 23.1 Å². The monoisotopic (exact) mass is 302 g/mol. The molecule has 1 aromatic rings. The van der Waals surface area contributed by atoms with E-state index in [2.05, 4.69) is 10.6 Å². The normalized spacial score (nSPS) is 16.1. The van der Waals surface area contributed by atoms with Gasteiger partial charge >= 0.3 is 18.2 Å². The molecule has 1 saturated carbocycles. The lowest BCUT2D eigenvalue weighted by Gasteiger charge is -2.17. The molecule has 1 atom stereocenters. The van der Waals surface area contributed by atoms with Crippen LogP contribution in [0.5, 0.6) is 0 Å². The minimum atomic E-state index is -4.60. The topological polar surface area (TPSA) is 78.4 Å². The number of carboxylic acids is 1. The van der Waals surface area contributed by atoms with Crippen molar-refractivity contribution in [2.45, 2.75) is 25.1 Å². The van der Waals surface area contributed by atoms with E-state index in [-0.39, 0.29) is 5.92 Å². The van der Waals surface area contributed by atoms with Crippen LogP contribution in [-0.2, 0) is 11.0 Å². The van der Waals surface area contributed by atoms with Gasteiger partial charge in [-0.05, 0) is 30.9 Å². The number of carbonyl (C=O) groups is 2. The third kappa shape index (κ3) is 3.87. The number of para-hydroxylation sites is 1. The number of nitrogens with one attached hydrogen (secondary N) is 2. The summed E-state index contributed by atoms with van der Waals surface area (Å²) in [4.78, 5) is 22.7. The first-order valence-electron chi connectivity index (χ1n) is 6.25. The summed E-state index contributed by atoms with van der Waals surface area (Å²) in [5.74, 6) is -1.36. The third-order valence-electron chi connectivity index (χ3n) is 3.13. The van der Waals surface area contributed by atoms with E-state index in [9.17, 15) is 22.8 Å². The highest BCUT2D eigenvalue weighted by Crippen LogP contribution is 2.35. The Labute approximate surface area is 118 Å². The van der Waals surface area contributed by atoms with E-state index in [4.69, 9.17) is 5.11 Å². The summed E-state index contributed by atoms with van der Waals surface area (Å²) in [5, 5.41) is 13.2. The summed E-state index contributed by atoms with van der Waals surface area (Å²) in [5.41, 5.74) is -1.40. The lowest BCUT2D eigenvalue weighted by Crippen LogP contribution is -2.44. The van der Waals surface area contributed by atoms with E-state index in [0.717, 1.165) is 12.1 Å². The van der Waals surface area contributed by atoms with Crippen LogP contribution < -0.4 is 10.6 Å². The number of hydrogen-bond donors (Lipinski definition) is 3. The Bertz CT molecular complexity index is 556. The quantitative estimate of drug-likeness (QED) is 0.800. The maximum Gasteiger partial charge on any atom is 0.418 e. The van der Waals surface area contributed by atoms with Crippen molar-refractivity contribution in [3.63, 3.8) is 0 Å². The molecule has 3 N–H and O–H groups in total. The first kappa shape index (κ1) is 15.1. The smallest absolute Gasteiger partial charge is 0.418 e. The van der Waals surface area contributed by atoms with E-state index in [1.165, 1.54) is 12.1 Å². The van der Waals surface area contributed by atoms with Crippen molar-refractivity contribution in [3.8, 4) is 0 Å². The lowest BCUT2D eigenvalue weighted by molar-refractivity contribution is -0.140. The van der Waals surface area contributed by atoms with Crippen LogP contribution in [0.15, 0.2) is 24.3 Å². The number of carboxylic acid groups (broad SMARTS) is 1. The summed E-state index contributed by atoms with van der Waals surface area (Å²) in [6, 6.07) is 2.45. The van der Waals surface area contributed by atoms with Gasteiger partial charge in [0.1, 0.15) is 6.04 Å². The first-order chi connectivity index (χ1) is 9.79. The number of aliphatic carboxylic acids is 1. The maximum absolute atomic E-state index is 12.8. The molecule has 0 aliphatic heterocycles. The van der Waals surface area contributed by atoms with Crippen LogP contribution >= 0.6 is 0 Å². The molecule has 1 fully saturated rings. The molecule has 2 amide bonds. The highest BCUT2D eigenvalue weighted by molar-refractivity contribution is 5.93. The molecule has 0 aromatic heterocycles. The largest absolute Gasteiger partial charge is 0.480 e. The first-order valence-corrected chi connectivity index (χ1v) is 6.25. The summed E-state index contributed by atoms with van der Waals surface area (Å²) in [6.45, 7) is 0. The minimum Gasteiger partial charge on any atom is -0.480 e. The molecular weight excluding hydrogens is 289 g/mol. The van der Waals surface area contributed by atoms with Crippen molar-refractivity contribution >= 4 is 17.7 Å². The number of alkyl halides is 3. The zero-order valence-corrected chi connectivity index (χ0v) is 10.8. The molecule has 0 heterocycles. The van der Waals surface area contributed by atoms with Gasteiger partial charge in [0.05, 0.1) is 11.3 Å². The molecule has 1 unspecified atom stereocenters. The molecule has 2 rings (SSSR count). The molecular formula is C13H13F3N2O3. The Morgan fingerprint density at radius 2 is 1.86 bits per heavy atom. The number of carbonyl (C=O) groups excluding carboxylic acids is 1. The molecule has 0 bridgehead atoms. The lowest BCUT2D eigenvalue weighted by atomic mass is 10.1. The zero-order valence-electron chi connectivity index (χ0n) is 10.8. The van der Waals surface area contributed by atoms with E-state index < -0.39 is 35.5 Å². The fourth-order valence-electron chi connectivity index (χ4n) is 1.95. The van der Waals surface area contributed by atoms with E-state index >= 15 is 0 Å². The molecule has 114 valence electrons. The highest BCUT2D eigenvalue weighted by Gasteiger charge is 2.38. The predicted octanol–water partition coefficient (Wildman–Crippen LogP) is 2.69. The number of amides is 2. The zero-order chi connectivity index (χ0) is 15.6. The molecule has 8 heteroatoms. The highest BCUT2D eigenvalue weighted by atomic mass is 19.4. The van der Waals surface area contributed by atoms with Crippen LogP contribution in [0, 0.1) is 5.92 Å². The van der Waals surface area contributed by atoms with Gasteiger partial charge < -0.3 is 15.7 Å².